The van der Waals surface area contributed by atoms with Gasteiger partial charge in [0.25, 0.3) is 0 Å². The Morgan fingerprint density at radius 2 is 2.09 bits per heavy atom. The van der Waals surface area contributed by atoms with E-state index in [4.69, 9.17) is 0 Å². The standard InChI is InChI=1S/C17H21N3OS/c1-14-6-5-7-15(12-14)20-11-8-18-17(20)22-13-16(21)19-9-3-2-4-10-19/h5-8,11-12H,2-4,9-10,13H2,1H3. The lowest BCUT2D eigenvalue weighted by Crippen LogP contribution is -2.36. The molecule has 0 atom stereocenters. The summed E-state index contributed by atoms with van der Waals surface area (Å²) in [6.45, 7) is 3.89. The first-order chi connectivity index (χ1) is 10.7. The molecular formula is C17H21N3OS. The van der Waals surface area contributed by atoms with Crippen LogP contribution in [-0.2, 0) is 4.79 Å². The Hall–Kier alpha value is -1.75. The van der Waals surface area contributed by atoms with Crippen LogP contribution in [0.15, 0.2) is 41.8 Å². The Balaban J connectivity index is 1.66. The van der Waals surface area contributed by atoms with E-state index in [-0.39, 0.29) is 5.91 Å². The first-order valence-corrected chi connectivity index (χ1v) is 8.73. The lowest BCUT2D eigenvalue weighted by molar-refractivity contribution is -0.129. The average Bonchev–Trinajstić information content (AvgIpc) is 3.02. The molecule has 2 heterocycles. The quantitative estimate of drug-likeness (QED) is 0.813. The normalized spacial score (nSPS) is 15.0. The molecule has 1 aliphatic rings. The Labute approximate surface area is 135 Å². The molecule has 116 valence electrons. The minimum absolute atomic E-state index is 0.225. The molecule has 1 fully saturated rings. The number of piperidine rings is 1. The number of thioether (sulfide) groups is 1. The number of likely N-dealkylation sites (tertiary alicyclic amines) is 1. The van der Waals surface area contributed by atoms with Gasteiger partial charge < -0.3 is 4.90 Å². The summed E-state index contributed by atoms with van der Waals surface area (Å²) >= 11 is 1.52. The minimum atomic E-state index is 0.225. The average molecular weight is 315 g/mol. The number of aryl methyl sites for hydroxylation is 1. The van der Waals surface area contributed by atoms with Gasteiger partial charge in [-0.1, -0.05) is 23.9 Å². The maximum absolute atomic E-state index is 12.3. The van der Waals surface area contributed by atoms with Crippen LogP contribution in [0.1, 0.15) is 24.8 Å². The molecule has 0 aliphatic carbocycles. The predicted octanol–water partition coefficient (Wildman–Crippen LogP) is 3.29. The molecule has 1 aromatic heterocycles. The topological polar surface area (TPSA) is 38.1 Å². The summed E-state index contributed by atoms with van der Waals surface area (Å²) in [6, 6.07) is 8.30. The van der Waals surface area contributed by atoms with Crippen molar-refractivity contribution in [1.82, 2.24) is 14.5 Å². The SMILES string of the molecule is Cc1cccc(-n2ccnc2SCC(=O)N2CCCCC2)c1. The van der Waals surface area contributed by atoms with Crippen LogP contribution < -0.4 is 0 Å². The van der Waals surface area contributed by atoms with Crippen LogP contribution in [0.4, 0.5) is 0 Å². The Morgan fingerprint density at radius 1 is 1.27 bits per heavy atom. The van der Waals surface area contributed by atoms with Gasteiger partial charge in [0.1, 0.15) is 0 Å². The summed E-state index contributed by atoms with van der Waals surface area (Å²) in [6.07, 6.45) is 7.25. The highest BCUT2D eigenvalue weighted by atomic mass is 32.2. The maximum Gasteiger partial charge on any atom is 0.233 e. The van der Waals surface area contributed by atoms with Crippen molar-refractivity contribution in [2.45, 2.75) is 31.3 Å². The Morgan fingerprint density at radius 3 is 2.86 bits per heavy atom. The second-order valence-corrected chi connectivity index (χ2v) is 6.59. The van der Waals surface area contributed by atoms with Gasteiger partial charge in [0.15, 0.2) is 5.16 Å². The van der Waals surface area contributed by atoms with Crippen LogP contribution in [0.3, 0.4) is 0 Å². The van der Waals surface area contributed by atoms with E-state index >= 15 is 0 Å². The van der Waals surface area contributed by atoms with Crippen LogP contribution in [0, 0.1) is 6.92 Å². The van der Waals surface area contributed by atoms with Crippen molar-refractivity contribution >= 4 is 17.7 Å². The van der Waals surface area contributed by atoms with Gasteiger partial charge in [-0.25, -0.2) is 4.98 Å². The van der Waals surface area contributed by atoms with Crippen molar-refractivity contribution in [2.75, 3.05) is 18.8 Å². The monoisotopic (exact) mass is 315 g/mol. The van der Waals surface area contributed by atoms with E-state index in [2.05, 4.69) is 30.1 Å². The predicted molar refractivity (Wildman–Crippen MR) is 89.5 cm³/mol. The third-order valence-corrected chi connectivity index (χ3v) is 4.87. The Kier molecular flexibility index (Phi) is 4.83. The second kappa shape index (κ2) is 7.01. The molecule has 1 aliphatic heterocycles. The summed E-state index contributed by atoms with van der Waals surface area (Å²) in [7, 11) is 0. The first-order valence-electron chi connectivity index (χ1n) is 7.75. The van der Waals surface area contributed by atoms with Crippen molar-refractivity contribution in [3.05, 3.63) is 42.2 Å². The molecule has 0 bridgehead atoms. The van der Waals surface area contributed by atoms with E-state index in [9.17, 15) is 4.79 Å². The number of rotatable bonds is 4. The van der Waals surface area contributed by atoms with Gasteiger partial charge >= 0.3 is 0 Å². The zero-order chi connectivity index (χ0) is 15.4. The summed E-state index contributed by atoms with van der Waals surface area (Å²) in [4.78, 5) is 18.6. The molecule has 22 heavy (non-hydrogen) atoms. The number of imidazole rings is 1. The molecule has 1 aromatic carbocycles. The molecule has 3 rings (SSSR count). The number of hydrogen-bond acceptors (Lipinski definition) is 3. The van der Waals surface area contributed by atoms with Crippen molar-refractivity contribution in [3.63, 3.8) is 0 Å². The number of carbonyl (C=O) groups is 1. The second-order valence-electron chi connectivity index (χ2n) is 5.65. The van der Waals surface area contributed by atoms with Gasteiger partial charge in [-0.3, -0.25) is 9.36 Å². The van der Waals surface area contributed by atoms with Gasteiger partial charge in [-0.15, -0.1) is 0 Å². The largest absolute Gasteiger partial charge is 0.342 e. The fraction of sp³-hybridized carbons (Fsp3) is 0.412. The summed E-state index contributed by atoms with van der Waals surface area (Å²) in [5.41, 5.74) is 2.30. The zero-order valence-electron chi connectivity index (χ0n) is 12.9. The maximum atomic E-state index is 12.3. The molecule has 0 spiro atoms. The fourth-order valence-electron chi connectivity index (χ4n) is 2.73. The summed E-state index contributed by atoms with van der Waals surface area (Å²) < 4.78 is 2.04. The molecule has 2 aromatic rings. The van der Waals surface area contributed by atoms with Crippen LogP contribution in [0.25, 0.3) is 5.69 Å². The van der Waals surface area contributed by atoms with Crippen LogP contribution in [0.5, 0.6) is 0 Å². The molecule has 0 saturated carbocycles. The van der Waals surface area contributed by atoms with Crippen LogP contribution in [-0.4, -0.2) is 39.2 Å². The smallest absolute Gasteiger partial charge is 0.233 e. The van der Waals surface area contributed by atoms with E-state index in [1.54, 1.807) is 6.20 Å². The first kappa shape index (κ1) is 15.2. The van der Waals surface area contributed by atoms with Crippen molar-refractivity contribution < 1.29 is 4.79 Å². The molecule has 1 saturated heterocycles. The van der Waals surface area contributed by atoms with Crippen molar-refractivity contribution in [3.8, 4) is 5.69 Å². The molecule has 5 heteroatoms. The summed E-state index contributed by atoms with van der Waals surface area (Å²) in [5, 5.41) is 0.871. The van der Waals surface area contributed by atoms with Crippen molar-refractivity contribution in [1.29, 1.82) is 0 Å². The van der Waals surface area contributed by atoms with Crippen molar-refractivity contribution in [2.24, 2.45) is 0 Å². The molecule has 1 amide bonds. The highest BCUT2D eigenvalue weighted by Crippen LogP contribution is 2.22. The highest BCUT2D eigenvalue weighted by molar-refractivity contribution is 7.99. The third-order valence-electron chi connectivity index (χ3n) is 3.92. The molecule has 4 nitrogen and oxygen atoms in total. The number of amides is 1. The van der Waals surface area contributed by atoms with Gasteiger partial charge in [0.2, 0.25) is 5.91 Å². The van der Waals surface area contributed by atoms with Gasteiger partial charge in [-0.2, -0.15) is 0 Å². The summed E-state index contributed by atoms with van der Waals surface area (Å²) in [5.74, 6) is 0.687. The molecule has 0 unspecified atom stereocenters. The van der Waals surface area contributed by atoms with Gasteiger partial charge in [0, 0.05) is 31.2 Å². The number of aromatic nitrogens is 2. The zero-order valence-corrected chi connectivity index (χ0v) is 13.7. The third kappa shape index (κ3) is 3.53. The van der Waals surface area contributed by atoms with Crippen LogP contribution in [0.2, 0.25) is 0 Å². The molecular weight excluding hydrogens is 294 g/mol. The number of nitrogens with zero attached hydrogens (tertiary/aromatic N) is 3. The number of benzene rings is 1. The van der Waals surface area contributed by atoms with E-state index < -0.39 is 0 Å². The van der Waals surface area contributed by atoms with E-state index in [1.807, 2.05) is 21.7 Å². The fourth-order valence-corrected chi connectivity index (χ4v) is 3.61. The van der Waals surface area contributed by atoms with E-state index in [0.717, 1.165) is 36.8 Å². The van der Waals surface area contributed by atoms with Gasteiger partial charge in [-0.05, 0) is 43.9 Å². The minimum Gasteiger partial charge on any atom is -0.342 e. The number of carbonyl (C=O) groups excluding carboxylic acids is 1. The Bertz CT molecular complexity index is 647. The lowest BCUT2D eigenvalue weighted by atomic mass is 10.1. The highest BCUT2D eigenvalue weighted by Gasteiger charge is 2.17. The lowest BCUT2D eigenvalue weighted by Gasteiger charge is -2.26. The molecule has 0 N–H and O–H groups in total. The van der Waals surface area contributed by atoms with Crippen LogP contribution >= 0.6 is 11.8 Å². The number of hydrogen-bond donors (Lipinski definition) is 0. The van der Waals surface area contributed by atoms with Gasteiger partial charge in [0.05, 0.1) is 5.75 Å². The molecule has 0 radical (unpaired) electrons. The van der Waals surface area contributed by atoms with E-state index in [0.29, 0.717) is 5.75 Å². The van der Waals surface area contributed by atoms with E-state index in [1.165, 1.54) is 23.7 Å².